The molecular weight excluding hydrogens is 615 g/mol. The average molecular weight is 650 g/mol. The van der Waals surface area contributed by atoms with E-state index >= 15 is 0 Å². The average Bonchev–Trinajstić information content (AvgIpc) is 3.62. The Labute approximate surface area is 271 Å². The van der Waals surface area contributed by atoms with E-state index in [1.807, 2.05) is 66.0 Å². The summed E-state index contributed by atoms with van der Waals surface area (Å²) in [6.45, 7) is 2.75. The molecule has 2 aromatic carbocycles. The van der Waals surface area contributed by atoms with E-state index in [4.69, 9.17) is 32.9 Å². The van der Waals surface area contributed by atoms with Crippen LogP contribution in [0.1, 0.15) is 40.4 Å². The number of benzene rings is 2. The van der Waals surface area contributed by atoms with Crippen LogP contribution in [0.5, 0.6) is 5.88 Å². The SMILES string of the molecule is COc1nc(-c2cccc(-c3cccc(NC(=O)c4nc5c(n4C)CCN(C)C5)c3Cl)c2Cl)ccc1CN1CCC[C@H]1C(=O)O. The van der Waals surface area contributed by atoms with E-state index in [2.05, 4.69) is 15.2 Å². The second-order valence-electron chi connectivity index (χ2n) is 11.5. The molecule has 0 unspecified atom stereocenters. The summed E-state index contributed by atoms with van der Waals surface area (Å²) >= 11 is 13.9. The van der Waals surface area contributed by atoms with Crippen molar-refractivity contribution < 1.29 is 19.4 Å². The number of ether oxygens (including phenoxy) is 1. The molecule has 2 aromatic heterocycles. The first-order valence-corrected chi connectivity index (χ1v) is 15.5. The summed E-state index contributed by atoms with van der Waals surface area (Å²) in [6.07, 6.45) is 2.30. The fourth-order valence-corrected chi connectivity index (χ4v) is 6.84. The lowest BCUT2D eigenvalue weighted by Gasteiger charge is -2.22. The molecule has 234 valence electrons. The maximum Gasteiger partial charge on any atom is 0.320 e. The molecule has 10 nitrogen and oxygen atoms in total. The zero-order chi connectivity index (χ0) is 31.8. The zero-order valence-corrected chi connectivity index (χ0v) is 26.8. The highest BCUT2D eigenvalue weighted by Crippen LogP contribution is 2.41. The number of methoxy groups -OCH3 is 1. The van der Waals surface area contributed by atoms with Crippen molar-refractivity contribution in [3.8, 4) is 28.3 Å². The number of rotatable bonds is 8. The number of likely N-dealkylation sites (N-methyl/N-ethyl adjacent to an activating group) is 1. The number of carbonyl (C=O) groups excluding carboxylic acids is 1. The number of nitrogens with one attached hydrogen (secondary N) is 1. The number of nitrogens with zero attached hydrogens (tertiary/aromatic N) is 5. The predicted molar refractivity (Wildman–Crippen MR) is 174 cm³/mol. The molecule has 1 saturated heterocycles. The molecule has 1 fully saturated rings. The molecule has 12 heteroatoms. The van der Waals surface area contributed by atoms with E-state index < -0.39 is 12.0 Å². The normalized spacial score (nSPS) is 16.9. The minimum atomic E-state index is -0.815. The van der Waals surface area contributed by atoms with Crippen LogP contribution in [0.4, 0.5) is 5.69 Å². The van der Waals surface area contributed by atoms with Gasteiger partial charge in [0.25, 0.3) is 5.91 Å². The van der Waals surface area contributed by atoms with Gasteiger partial charge in [-0.1, -0.05) is 59.6 Å². The van der Waals surface area contributed by atoms with Gasteiger partial charge in [-0.05, 0) is 38.6 Å². The molecule has 0 bridgehead atoms. The summed E-state index contributed by atoms with van der Waals surface area (Å²) in [5, 5.41) is 13.3. The van der Waals surface area contributed by atoms with Crippen molar-refractivity contribution in [1.29, 1.82) is 0 Å². The van der Waals surface area contributed by atoms with E-state index in [1.54, 1.807) is 13.2 Å². The Morgan fingerprint density at radius 3 is 2.49 bits per heavy atom. The molecule has 45 heavy (non-hydrogen) atoms. The number of fused-ring (bicyclic) bond motifs is 1. The number of carboxylic acid groups (broad SMARTS) is 1. The minimum Gasteiger partial charge on any atom is -0.481 e. The van der Waals surface area contributed by atoms with Gasteiger partial charge < -0.3 is 24.6 Å². The molecule has 0 saturated carbocycles. The number of amides is 1. The van der Waals surface area contributed by atoms with E-state index in [9.17, 15) is 14.7 Å². The highest BCUT2D eigenvalue weighted by atomic mass is 35.5. The monoisotopic (exact) mass is 648 g/mol. The molecule has 2 N–H and O–H groups in total. The Kier molecular flexibility index (Phi) is 8.83. The van der Waals surface area contributed by atoms with Crippen molar-refractivity contribution in [2.45, 2.75) is 38.4 Å². The molecule has 1 atom stereocenters. The number of likely N-dealkylation sites (tertiary alicyclic amines) is 1. The number of carbonyl (C=O) groups is 2. The topological polar surface area (TPSA) is 113 Å². The van der Waals surface area contributed by atoms with Gasteiger partial charge in [-0.15, -0.1) is 0 Å². The number of halogens is 2. The Balaban J connectivity index is 1.27. The lowest BCUT2D eigenvalue weighted by Crippen LogP contribution is -2.35. The standard InChI is InChI=1S/C33H34Cl2N6O4/c1-39-16-14-26-25(18-39)36-30(40(26)2)31(42)37-24-10-5-8-21(29(24)35)20-7-4-9-22(28(20)34)23-13-12-19(32(38-23)45-3)17-41-15-6-11-27(41)33(43)44/h4-5,7-10,12-13,27H,6,11,14-18H2,1-3H3,(H,37,42)(H,43,44)/t27-/m0/s1. The van der Waals surface area contributed by atoms with Crippen LogP contribution in [-0.4, -0.2) is 74.6 Å². The van der Waals surface area contributed by atoms with Gasteiger partial charge in [0.1, 0.15) is 6.04 Å². The number of aromatic nitrogens is 3. The van der Waals surface area contributed by atoms with Crippen molar-refractivity contribution in [2.24, 2.45) is 7.05 Å². The van der Waals surface area contributed by atoms with Crippen LogP contribution in [0.3, 0.4) is 0 Å². The maximum atomic E-state index is 13.3. The number of anilines is 1. The van der Waals surface area contributed by atoms with Gasteiger partial charge in [0.05, 0.1) is 34.2 Å². The second kappa shape index (κ2) is 12.8. The third kappa shape index (κ3) is 6.03. The highest BCUT2D eigenvalue weighted by Gasteiger charge is 2.31. The van der Waals surface area contributed by atoms with E-state index in [1.165, 1.54) is 0 Å². The molecule has 6 rings (SSSR count). The van der Waals surface area contributed by atoms with Crippen LogP contribution in [0, 0.1) is 0 Å². The maximum absolute atomic E-state index is 13.3. The summed E-state index contributed by atoms with van der Waals surface area (Å²) in [6, 6.07) is 14.3. The molecule has 4 heterocycles. The number of imidazole rings is 1. The fraction of sp³-hybridized carbons (Fsp3) is 0.333. The van der Waals surface area contributed by atoms with Crippen molar-refractivity contribution in [3.05, 3.63) is 81.4 Å². The van der Waals surface area contributed by atoms with E-state index in [0.717, 1.165) is 36.3 Å². The van der Waals surface area contributed by atoms with Crippen LogP contribution in [0.15, 0.2) is 48.5 Å². The van der Waals surface area contributed by atoms with Crippen molar-refractivity contribution >= 4 is 40.8 Å². The number of carboxylic acids is 1. The first-order valence-electron chi connectivity index (χ1n) is 14.8. The lowest BCUT2D eigenvalue weighted by molar-refractivity contribution is -0.142. The molecule has 1 amide bonds. The third-order valence-corrected chi connectivity index (χ3v) is 9.43. The number of aliphatic carboxylic acids is 1. The lowest BCUT2D eigenvalue weighted by atomic mass is 10.00. The Morgan fingerprint density at radius 2 is 1.73 bits per heavy atom. The molecule has 0 radical (unpaired) electrons. The molecule has 2 aliphatic heterocycles. The Morgan fingerprint density at radius 1 is 1.00 bits per heavy atom. The molecule has 0 spiro atoms. The van der Waals surface area contributed by atoms with Crippen LogP contribution in [0.2, 0.25) is 10.0 Å². The summed E-state index contributed by atoms with van der Waals surface area (Å²) in [5.41, 5.74) is 5.84. The van der Waals surface area contributed by atoms with Gasteiger partial charge in [0, 0.05) is 61.1 Å². The number of pyridine rings is 1. The number of hydrogen-bond donors (Lipinski definition) is 2. The first kappa shape index (κ1) is 31.0. The van der Waals surface area contributed by atoms with Crippen LogP contribution in [-0.2, 0) is 31.4 Å². The van der Waals surface area contributed by atoms with Crippen LogP contribution in [0.25, 0.3) is 22.4 Å². The summed E-state index contributed by atoms with van der Waals surface area (Å²) < 4.78 is 7.48. The molecule has 4 aromatic rings. The molecule has 2 aliphatic rings. The van der Waals surface area contributed by atoms with Crippen molar-refractivity contribution in [2.75, 3.05) is 32.6 Å². The zero-order valence-electron chi connectivity index (χ0n) is 25.3. The van der Waals surface area contributed by atoms with Gasteiger partial charge in [-0.25, -0.2) is 9.97 Å². The van der Waals surface area contributed by atoms with Gasteiger partial charge in [0.15, 0.2) is 5.82 Å². The predicted octanol–water partition coefficient (Wildman–Crippen LogP) is 5.75. The quantitative estimate of drug-likeness (QED) is 0.248. The van der Waals surface area contributed by atoms with Gasteiger partial charge in [-0.3, -0.25) is 14.5 Å². The minimum absolute atomic E-state index is 0.337. The first-order chi connectivity index (χ1) is 21.7. The number of hydrogen-bond acceptors (Lipinski definition) is 7. The summed E-state index contributed by atoms with van der Waals surface area (Å²) in [7, 11) is 5.45. The highest BCUT2D eigenvalue weighted by molar-refractivity contribution is 6.39. The van der Waals surface area contributed by atoms with Gasteiger partial charge >= 0.3 is 5.97 Å². The summed E-state index contributed by atoms with van der Waals surface area (Å²) in [4.78, 5) is 38.5. The van der Waals surface area contributed by atoms with Crippen molar-refractivity contribution in [1.82, 2.24) is 24.3 Å². The largest absolute Gasteiger partial charge is 0.481 e. The van der Waals surface area contributed by atoms with Gasteiger partial charge in [-0.2, -0.15) is 0 Å². The van der Waals surface area contributed by atoms with E-state index in [0.29, 0.717) is 75.9 Å². The van der Waals surface area contributed by atoms with E-state index in [-0.39, 0.29) is 5.91 Å². The molecular formula is C33H34Cl2N6O4. The molecule has 0 aliphatic carbocycles. The third-order valence-electron chi connectivity index (χ3n) is 8.62. The Hall–Kier alpha value is -3.96. The van der Waals surface area contributed by atoms with Gasteiger partial charge in [0.2, 0.25) is 5.88 Å². The fourth-order valence-electron chi connectivity index (χ4n) is 6.24. The summed E-state index contributed by atoms with van der Waals surface area (Å²) in [5.74, 6) is -0.405. The van der Waals surface area contributed by atoms with Crippen LogP contribution >= 0.6 is 23.2 Å². The Bertz CT molecular complexity index is 1790. The second-order valence-corrected chi connectivity index (χ2v) is 12.3. The van der Waals surface area contributed by atoms with Crippen LogP contribution < -0.4 is 10.1 Å². The smallest absolute Gasteiger partial charge is 0.320 e. The van der Waals surface area contributed by atoms with Crippen molar-refractivity contribution in [3.63, 3.8) is 0 Å².